The minimum Gasteiger partial charge on any atom is -0.394 e. The van der Waals surface area contributed by atoms with Crippen LogP contribution in [-0.2, 0) is 56.8 Å². The van der Waals surface area contributed by atoms with Gasteiger partial charge in [-0.1, -0.05) is 0 Å². The largest absolute Gasteiger partial charge is 0.394 e. The third kappa shape index (κ3) is 10.0. The fourth-order valence-corrected chi connectivity index (χ4v) is 8.93. The van der Waals surface area contributed by atoms with Gasteiger partial charge in [-0.05, 0) is 0 Å². The monoisotopic (exact) mass is 972 g/mol. The van der Waals surface area contributed by atoms with E-state index in [-0.39, 0.29) is 0 Å². The molecule has 0 aromatic heterocycles. The first-order valence-electron chi connectivity index (χ1n) is 21.1. The van der Waals surface area contributed by atoms with E-state index in [1.165, 1.54) is 0 Å². The van der Waals surface area contributed by atoms with Gasteiger partial charge in [-0.15, -0.1) is 0 Å². The van der Waals surface area contributed by atoms with Crippen molar-refractivity contribution < 1.29 is 149 Å². The molecule has 22 saturated heterocycles. The maximum absolute atomic E-state index is 11.2. The molecule has 0 aromatic rings. The summed E-state index contributed by atoms with van der Waals surface area (Å²) in [5.41, 5.74) is 0. The van der Waals surface area contributed by atoms with E-state index in [4.69, 9.17) is 56.8 Å². The molecule has 22 aliphatic heterocycles. The summed E-state index contributed by atoms with van der Waals surface area (Å²) in [4.78, 5) is 0. The first-order chi connectivity index (χ1) is 31.4. The van der Waals surface area contributed by atoms with E-state index in [1.54, 1.807) is 0 Å². The summed E-state index contributed by atoms with van der Waals surface area (Å²) >= 11 is 0. The lowest BCUT2D eigenvalue weighted by molar-refractivity contribution is -0.404. The molecule has 22 aliphatic rings. The molecule has 6 unspecified atom stereocenters. The Morgan fingerprint density at radius 2 is 0.303 bits per heavy atom. The molecule has 30 nitrogen and oxygen atoms in total. The van der Waals surface area contributed by atoms with Gasteiger partial charge in [0.05, 0.1) is 39.6 Å². The highest BCUT2D eigenvalue weighted by Gasteiger charge is 2.58. The Hall–Kier alpha value is -1.20. The predicted octanol–water partition coefficient (Wildman–Crippen LogP) is -13.1. The average molecular weight is 973 g/mol. The van der Waals surface area contributed by atoms with Gasteiger partial charge >= 0.3 is 0 Å². The van der Waals surface area contributed by atoms with Crippen LogP contribution in [0.3, 0.4) is 0 Å². The fraction of sp³-hybridized carbons (Fsp3) is 1.00. The van der Waals surface area contributed by atoms with Crippen molar-refractivity contribution in [3.8, 4) is 0 Å². The lowest BCUT2D eigenvalue weighted by Crippen LogP contribution is -2.69. The lowest BCUT2D eigenvalue weighted by atomic mass is 9.94. The number of aliphatic hydroxyl groups is 18. The van der Waals surface area contributed by atoms with E-state index >= 15 is 0 Å². The molecule has 384 valence electrons. The summed E-state index contributed by atoms with van der Waals surface area (Å²) in [6.45, 7) is -5.99. The second-order valence-corrected chi connectivity index (χ2v) is 16.8. The van der Waals surface area contributed by atoms with Crippen LogP contribution in [0, 0.1) is 0 Å². The molecule has 0 aromatic carbocycles. The van der Waals surface area contributed by atoms with Gasteiger partial charge in [-0.3, -0.25) is 0 Å². The molecule has 30 heteroatoms. The molecule has 12 bridgehead atoms. The van der Waals surface area contributed by atoms with Crippen molar-refractivity contribution in [3.63, 3.8) is 0 Å². The molecular weight excluding hydrogens is 912 g/mol. The Balaban J connectivity index is 1.19. The molecule has 0 radical (unpaired) electrons. The molecule has 22 fully saturated rings. The summed E-state index contributed by atoms with van der Waals surface area (Å²) in [5.74, 6) is 0. The van der Waals surface area contributed by atoms with E-state index in [2.05, 4.69) is 0 Å². The van der Waals surface area contributed by atoms with E-state index in [9.17, 15) is 91.9 Å². The highest BCUT2D eigenvalue weighted by Crippen LogP contribution is 2.38. The Kier molecular flexibility index (Phi) is 17.6. The van der Waals surface area contributed by atoms with Crippen LogP contribution in [0.15, 0.2) is 0 Å². The van der Waals surface area contributed by atoms with Gasteiger partial charge in [0.2, 0.25) is 0 Å². The van der Waals surface area contributed by atoms with Gasteiger partial charge in [0.1, 0.15) is 146 Å². The van der Waals surface area contributed by atoms with Crippen LogP contribution < -0.4 is 0 Å². The smallest absolute Gasteiger partial charge is 0.187 e. The number of hydrogen-bond acceptors (Lipinski definition) is 30. The Morgan fingerprint density at radius 1 is 0.182 bits per heavy atom. The van der Waals surface area contributed by atoms with E-state index in [1.807, 2.05) is 0 Å². The molecule has 30 atom stereocenters. The normalized spacial score (nSPS) is 55.4. The van der Waals surface area contributed by atoms with Crippen LogP contribution in [0.25, 0.3) is 0 Å². The molecule has 66 heavy (non-hydrogen) atoms. The zero-order valence-electron chi connectivity index (χ0n) is 34.5. The molecule has 0 aliphatic carbocycles. The third-order valence-electron chi connectivity index (χ3n) is 12.7. The summed E-state index contributed by atoms with van der Waals surface area (Å²) < 4.78 is 67.9. The Labute approximate surface area is 372 Å². The Bertz CT molecular complexity index is 1230. The van der Waals surface area contributed by atoms with Crippen LogP contribution in [0.2, 0.25) is 0 Å². The van der Waals surface area contributed by atoms with Crippen molar-refractivity contribution in [2.75, 3.05) is 39.6 Å². The van der Waals surface area contributed by atoms with Gasteiger partial charge in [-0.25, -0.2) is 0 Å². The standard InChI is InChI=1S/C36H60O30/c37-1-7-25-13(43)19(49)31(55-7)62-26-8(2-38)57-33(21(51)15(26)45)64-28-10(4-40)59-35(23(53)17(28)47)66-30-12(6-42)60-36(24(54)18(30)48)65-29-11(5-41)58-34(22(52)16(29)46)63-27-9(3-39)56-32(61-25)20(50)14(27)44/h7-54H,1-6H2/t7?,8?,9?,10?,11?,12?,13-,14-,15-,16-,17-,18-,19-,20-,21-,22-,23-,24-,25-,26-,27-,28-,29-,30-,31-,32-,33-,34-,35-,36-/m1/s1. The van der Waals surface area contributed by atoms with Crippen molar-refractivity contribution in [1.82, 2.24) is 0 Å². The zero-order chi connectivity index (χ0) is 48.0. The van der Waals surface area contributed by atoms with Gasteiger partial charge in [0.15, 0.2) is 37.7 Å². The molecule has 18 N–H and O–H groups in total. The first kappa shape index (κ1) is 52.6. The number of ether oxygens (including phenoxy) is 12. The third-order valence-corrected chi connectivity index (χ3v) is 12.7. The first-order valence-corrected chi connectivity index (χ1v) is 21.1. The van der Waals surface area contributed by atoms with Gasteiger partial charge in [-0.2, -0.15) is 0 Å². The second-order valence-electron chi connectivity index (χ2n) is 16.8. The molecular formula is C36H60O30. The highest BCUT2D eigenvalue weighted by atomic mass is 16.8. The van der Waals surface area contributed by atoms with E-state index in [0.29, 0.717) is 0 Å². The van der Waals surface area contributed by atoms with E-state index in [0.717, 1.165) is 0 Å². The van der Waals surface area contributed by atoms with Crippen LogP contribution >= 0.6 is 0 Å². The lowest BCUT2D eigenvalue weighted by Gasteiger charge is -2.50. The summed E-state index contributed by atoms with van der Waals surface area (Å²) in [6, 6.07) is 0. The zero-order valence-corrected chi connectivity index (χ0v) is 34.5. The summed E-state index contributed by atoms with van der Waals surface area (Å²) in [7, 11) is 0. The molecule has 22 heterocycles. The maximum Gasteiger partial charge on any atom is 0.187 e. The van der Waals surface area contributed by atoms with Gasteiger partial charge in [0, 0.05) is 0 Å². The van der Waals surface area contributed by atoms with Crippen LogP contribution in [0.4, 0.5) is 0 Å². The van der Waals surface area contributed by atoms with Crippen molar-refractivity contribution in [3.05, 3.63) is 0 Å². The van der Waals surface area contributed by atoms with E-state index < -0.39 is 224 Å². The van der Waals surface area contributed by atoms with Crippen LogP contribution in [-0.4, -0.2) is 316 Å². The van der Waals surface area contributed by atoms with Crippen molar-refractivity contribution in [1.29, 1.82) is 0 Å². The SMILES string of the molecule is OCC1O[C@@H]2O[C@@H]3C(CO)O[C@H](O[C@@H]4C(CO)O[C@H](O[C@@H]5C(CO)O[C@H](O[C@@H]6C(CO)O[C@H](O[C@@H]7C(CO)O[C@H](O[C@H]1[C@H](O)[C@H]2O)[C@H](O)[C@H]7O)[C@H](O)[C@H]6O)[C@H](O)[C@H]5O)[C@H](O)[C@H]4O)[C@H](O)[C@H]3O. The predicted molar refractivity (Wildman–Crippen MR) is 196 cm³/mol. The maximum atomic E-state index is 11.2. The quantitative estimate of drug-likeness (QED) is 0.117. The summed E-state index contributed by atoms with van der Waals surface area (Å²) in [6.07, 6.45) is -58.5. The molecule has 0 saturated carbocycles. The second kappa shape index (κ2) is 22.1. The number of aliphatic hydroxyl groups excluding tert-OH is 18. The van der Waals surface area contributed by atoms with Crippen LogP contribution in [0.1, 0.15) is 0 Å². The fourth-order valence-electron chi connectivity index (χ4n) is 8.93. The van der Waals surface area contributed by atoms with Gasteiger partial charge < -0.3 is 149 Å². The average Bonchev–Trinajstić information content (AvgIpc) is 3.31. The molecule has 0 amide bonds. The van der Waals surface area contributed by atoms with Crippen LogP contribution in [0.5, 0.6) is 0 Å². The van der Waals surface area contributed by atoms with Crippen molar-refractivity contribution in [2.24, 2.45) is 0 Å². The minimum absolute atomic E-state index is 0.999. The van der Waals surface area contributed by atoms with Gasteiger partial charge in [0.25, 0.3) is 0 Å². The van der Waals surface area contributed by atoms with Crippen molar-refractivity contribution >= 4 is 0 Å². The minimum atomic E-state index is -2.15. The molecule has 22 rings (SSSR count). The number of hydrogen-bond donors (Lipinski definition) is 18. The highest BCUT2D eigenvalue weighted by molar-refractivity contribution is 5.01. The topological polar surface area (TPSA) is 475 Å². The van der Waals surface area contributed by atoms with Crippen molar-refractivity contribution in [2.45, 2.75) is 184 Å². The molecule has 0 spiro atoms. The number of rotatable bonds is 6. The Morgan fingerprint density at radius 3 is 0.409 bits per heavy atom. The summed E-state index contributed by atoms with van der Waals surface area (Å²) in [5, 5.41) is 196.